The molecule has 1 saturated heterocycles. The number of aliphatic hydroxyl groups is 1. The summed E-state index contributed by atoms with van der Waals surface area (Å²) in [5.41, 5.74) is 6.43. The van der Waals surface area contributed by atoms with Gasteiger partial charge in [0.2, 0.25) is 11.8 Å². The van der Waals surface area contributed by atoms with Gasteiger partial charge in [-0.15, -0.1) is 0 Å². The zero-order valence-electron chi connectivity index (χ0n) is 63.3. The van der Waals surface area contributed by atoms with E-state index >= 15 is 0 Å². The standard InChI is InChI=1S/C11H14ClN3O2.C10H10BrN3O2.C10H11N3O2.C8H17O5P.C7H8ClN3O.C6H4Cl2N2O.C4H8O.C2H3N.CH3F.CH5N.CH4O.CH3O.BHNS.Na/c1-4-17-9(16)6-5-8-10(12)14-7(2)15-11(8)13-3;1-5-12-8-6(9(13-5)16-3)4-7(11)10(15)14(8)2;1-6-11-9-7(10(12-6)15-3)4-5-8(14)13(9)2;1-4-11-8(9)7-14(10,12-5-2)13-6-3;1-4-10-6(8)5(3-12)7(9-2)11-4;1-3-9-5(7)4(2-11)6(8)10-3;1-2-4-5-3-1;1-2-3;4*1-2;1-2-3;/h5-6H,4H2,1-3H3,(H,13,14,15);4H,1-3H3;4-5H,1-3H3;4-7H2,1-3H3;3H,1-2H3,(H,9,10,11);2H,1H3;1-4H2;1H3;1H3;2H2,1H3;2H,1H3;1H3;3H;/q;;;;;;;;;;;-1;;+1/b6-5+;;;;;;;;;;;;;/i;;;;;;;;1D;;;;;. The third-order valence-electron chi connectivity index (χ3n) is 11.0. The Hall–Kier alpha value is -6.70. The number of esters is 2. The van der Waals surface area contributed by atoms with Crippen LogP contribution in [-0.2, 0) is 51.5 Å². The summed E-state index contributed by atoms with van der Waals surface area (Å²) in [5, 5.41) is 30.3. The molecule has 1 aliphatic heterocycles. The number of ether oxygens (including phenoxy) is 5. The number of carbonyl (C=O) groups is 4. The van der Waals surface area contributed by atoms with Crippen molar-refractivity contribution >= 4 is 155 Å². The van der Waals surface area contributed by atoms with Crippen molar-refractivity contribution in [3.05, 3.63) is 116 Å². The minimum atomic E-state index is -3.28. The molecular weight excluding hydrogens is 1580 g/mol. The smallest absolute Gasteiger partial charge is 1.00 e. The van der Waals surface area contributed by atoms with E-state index < -0.39 is 26.7 Å². The number of methoxy groups -OCH3 is 2. The minimum Gasteiger partial charge on any atom is 1.00 e. The molecule has 1 fully saturated rings. The maximum absolute atomic E-state index is 11.8. The minimum absolute atomic E-state index is 0. The molecular formula is C62H91BBrCl4FN17NaO16PS. The molecule has 577 valence electrons. The second kappa shape index (κ2) is 65.6. The fourth-order valence-electron chi connectivity index (χ4n) is 7.07. The van der Waals surface area contributed by atoms with Gasteiger partial charge in [0.05, 0.1) is 87.2 Å². The molecule has 0 amide bonds. The number of halogens is 6. The van der Waals surface area contributed by atoms with E-state index in [1.807, 2.05) is 0 Å². The van der Waals surface area contributed by atoms with Gasteiger partial charge in [-0.05, 0) is 116 Å². The predicted molar refractivity (Wildman–Crippen MR) is 408 cm³/mol. The zero-order chi connectivity index (χ0) is 82.0. The number of aromatic nitrogens is 12. The third kappa shape index (κ3) is 43.0. The summed E-state index contributed by atoms with van der Waals surface area (Å²) in [6, 6.07) is 6.58. The number of hydrogen-bond acceptors (Lipinski definition) is 32. The van der Waals surface area contributed by atoms with Crippen LogP contribution in [0.3, 0.4) is 0 Å². The fourth-order valence-corrected chi connectivity index (χ4v) is 10.1. The van der Waals surface area contributed by atoms with Crippen molar-refractivity contribution in [3.8, 4) is 17.8 Å². The zero-order valence-corrected chi connectivity index (χ0v) is 70.7. The number of alkyl halides is 1. The molecule has 7 aromatic rings. The van der Waals surface area contributed by atoms with Crippen molar-refractivity contribution < 1.29 is 102 Å². The van der Waals surface area contributed by atoms with E-state index in [1.54, 1.807) is 123 Å². The molecule has 8 heterocycles. The first kappa shape index (κ1) is 107. The fraction of sp³-hybridized carbons (Fsp3) is 0.468. The van der Waals surface area contributed by atoms with Crippen molar-refractivity contribution in [1.29, 1.82) is 5.26 Å². The van der Waals surface area contributed by atoms with Crippen molar-refractivity contribution in [2.45, 2.75) is 82.1 Å². The second-order valence-corrected chi connectivity index (χ2v) is 22.5. The van der Waals surface area contributed by atoms with Gasteiger partial charge in [-0.25, -0.2) is 44.7 Å². The number of nitriles is 1. The summed E-state index contributed by atoms with van der Waals surface area (Å²) < 4.78 is 67.9. The number of aliphatic hydroxyl groups excluding tert-OH is 1. The van der Waals surface area contributed by atoms with Crippen LogP contribution < -0.4 is 71.6 Å². The van der Waals surface area contributed by atoms with Crippen LogP contribution in [0.1, 0.15) is 104 Å². The maximum Gasteiger partial charge on any atom is 1.00 e. The Morgan fingerprint density at radius 2 is 1.12 bits per heavy atom. The third-order valence-corrected chi connectivity index (χ3v) is 14.7. The van der Waals surface area contributed by atoms with Crippen molar-refractivity contribution in [2.75, 3.05) is 113 Å². The molecule has 0 atom stereocenters. The number of nitrogens with one attached hydrogen (secondary N) is 2. The summed E-state index contributed by atoms with van der Waals surface area (Å²) in [7, 11) is 13.1. The Kier molecular flexibility index (Phi) is 66.8. The molecule has 33 nitrogen and oxygen atoms in total. The Balaban J connectivity index is -0.000000269. The molecule has 8 rings (SSSR count). The second-order valence-electron chi connectivity index (χ2n) is 17.9. The number of pyridine rings is 2. The SMILES string of the molecule is C1CCOC1.CC#N.CCOC(=O)/C=C/c1c(Cl)nc(C)nc1NC.CCOC(=O)CP(=O)(OCC)OCC.CN.CNc1nc(C)nc(Cl)c1C=O.CO.COc1nc(C)nc2c1cc(Br)c(=O)n2C.COc1nc(C)nc2c1ccc(=O)n2C.C[O-].Cc1nc(Cl)c(C=O)c(Cl)n1.[2H]CF.[B]=NS.[Na+]. The van der Waals surface area contributed by atoms with E-state index in [1.165, 1.54) is 54.2 Å². The first-order chi connectivity index (χ1) is 49.9. The first-order valence-corrected chi connectivity index (χ1v) is 34.4. The molecule has 0 unspecified atom stereocenters. The number of carbonyl (C=O) groups excluding carboxylic acids is 4. The number of thiol groups is 1. The number of hydrogen-bond donors (Lipinski definition) is 5. The number of nitrogens with two attached hydrogens (primary N) is 1. The molecule has 5 N–H and O–H groups in total. The predicted octanol–water partition coefficient (Wildman–Crippen LogP) is 6.38. The summed E-state index contributed by atoms with van der Waals surface area (Å²) >= 11 is 29.2. The Morgan fingerprint density at radius 3 is 1.50 bits per heavy atom. The molecule has 7 aromatic heterocycles. The van der Waals surface area contributed by atoms with Crippen LogP contribution in [0, 0.1) is 45.9 Å². The van der Waals surface area contributed by atoms with Crippen LogP contribution in [0.5, 0.6) is 11.8 Å². The monoisotopic (exact) mass is 1670 g/mol. The topological polar surface area (TPSA) is 452 Å². The summed E-state index contributed by atoms with van der Waals surface area (Å²) in [6.45, 7) is 19.9. The molecule has 0 saturated carbocycles. The van der Waals surface area contributed by atoms with E-state index in [4.69, 9.17) is 91.2 Å². The van der Waals surface area contributed by atoms with Gasteiger partial charge in [-0.3, -0.25) is 42.1 Å². The Labute approximate surface area is 669 Å². The van der Waals surface area contributed by atoms with Crippen LogP contribution in [0.2, 0.25) is 20.6 Å². The quantitative estimate of drug-likeness (QED) is 0.0133. The molecule has 1 aliphatic rings. The van der Waals surface area contributed by atoms with E-state index in [9.17, 15) is 37.7 Å². The molecule has 0 spiro atoms. The van der Waals surface area contributed by atoms with E-state index in [-0.39, 0.29) is 87.7 Å². The van der Waals surface area contributed by atoms with Gasteiger partial charge >= 0.3 is 73.8 Å². The Bertz CT molecular complexity index is 3960. The maximum atomic E-state index is 11.8. The number of fused-ring (bicyclic) bond motifs is 2. The van der Waals surface area contributed by atoms with Crippen molar-refractivity contribution in [2.24, 2.45) is 24.1 Å². The average Bonchev–Trinajstić information content (AvgIpc) is 1.19. The number of anilines is 2. The molecule has 105 heavy (non-hydrogen) atoms. The van der Waals surface area contributed by atoms with Crippen LogP contribution in [-0.4, -0.2) is 199 Å². The molecule has 0 bridgehead atoms. The van der Waals surface area contributed by atoms with Gasteiger partial charge in [0.15, 0.2) is 12.6 Å². The van der Waals surface area contributed by atoms with Crippen molar-refractivity contribution in [1.82, 2.24) is 59.0 Å². The summed E-state index contributed by atoms with van der Waals surface area (Å²) in [5.74, 6) is 3.72. The first-order valence-electron chi connectivity index (χ1n) is 30.7. The molecule has 43 heteroatoms. The van der Waals surface area contributed by atoms with Crippen LogP contribution >= 0.6 is 82.7 Å². The Morgan fingerprint density at radius 1 is 0.752 bits per heavy atom. The van der Waals surface area contributed by atoms with Gasteiger partial charge in [0.25, 0.3) is 11.1 Å². The average molecular weight is 1670 g/mol. The van der Waals surface area contributed by atoms with Crippen LogP contribution in [0.25, 0.3) is 28.1 Å². The van der Waals surface area contributed by atoms with E-state index in [0.29, 0.717) is 109 Å². The van der Waals surface area contributed by atoms with Gasteiger partial charge in [0.1, 0.15) is 78.8 Å². The number of rotatable bonds is 16. The van der Waals surface area contributed by atoms with E-state index in [2.05, 4.69) is 112 Å². The molecule has 1 radical (unpaired) electrons. The summed E-state index contributed by atoms with van der Waals surface area (Å²) in [4.78, 5) is 106. The van der Waals surface area contributed by atoms with Gasteiger partial charge < -0.3 is 59.3 Å². The normalized spacial score (nSPS) is 10.2. The van der Waals surface area contributed by atoms with Crippen LogP contribution in [0.4, 0.5) is 16.0 Å². The molecule has 0 aliphatic carbocycles. The van der Waals surface area contributed by atoms with Gasteiger partial charge in [0, 0.05) is 67.6 Å². The van der Waals surface area contributed by atoms with Crippen LogP contribution in [0.15, 0.2) is 42.6 Å². The number of aldehydes is 2. The summed E-state index contributed by atoms with van der Waals surface area (Å²) in [6.07, 6.45) is 6.23. The number of nitrogens with zero attached hydrogens (tertiary/aromatic N) is 14. The largest absolute Gasteiger partial charge is 1.00 e. The van der Waals surface area contributed by atoms with Gasteiger partial charge in [-0.2, -0.15) is 22.3 Å². The van der Waals surface area contributed by atoms with Gasteiger partial charge in [-0.1, -0.05) is 46.4 Å². The molecule has 0 aromatic carbocycles. The number of aryl methyl sites for hydroxylation is 7. The van der Waals surface area contributed by atoms with E-state index in [0.717, 1.165) is 32.8 Å². The van der Waals surface area contributed by atoms with Crippen molar-refractivity contribution in [3.63, 3.8) is 0 Å².